The Balaban J connectivity index is 1.93. The predicted molar refractivity (Wildman–Crippen MR) is 75.7 cm³/mol. The Kier molecular flexibility index (Phi) is 3.66. The van der Waals surface area contributed by atoms with Crippen LogP contribution in [0.25, 0.3) is 11.3 Å². The molecular weight excluding hydrogens is 319 g/mol. The summed E-state index contributed by atoms with van der Waals surface area (Å²) < 4.78 is 42.3. The molecule has 114 valence electrons. The number of fused-ring (bicyclic) bond motifs is 1. The van der Waals surface area contributed by atoms with E-state index in [0.29, 0.717) is 11.7 Å². The molecular formula is C14H10ClF3N3O+. The van der Waals surface area contributed by atoms with Crippen molar-refractivity contribution in [2.24, 2.45) is 5.10 Å². The number of anilines is 1. The third-order valence-corrected chi connectivity index (χ3v) is 3.26. The van der Waals surface area contributed by atoms with Gasteiger partial charge in [-0.1, -0.05) is 16.7 Å². The molecule has 0 atom stereocenters. The molecule has 22 heavy (non-hydrogen) atoms. The largest absolute Gasteiger partial charge is 0.573 e. The molecule has 0 amide bonds. The van der Waals surface area contributed by atoms with Gasteiger partial charge in [-0.05, 0) is 36.4 Å². The third kappa shape index (κ3) is 3.14. The summed E-state index contributed by atoms with van der Waals surface area (Å²) >= 11 is 5.92. The average Bonchev–Trinajstić information content (AvgIpc) is 2.46. The topological polar surface area (TPSA) is 37.5 Å². The fourth-order valence-corrected chi connectivity index (χ4v) is 2.33. The second-order valence-electron chi connectivity index (χ2n) is 4.55. The Morgan fingerprint density at radius 3 is 2.55 bits per heavy atom. The van der Waals surface area contributed by atoms with Gasteiger partial charge in [-0.15, -0.1) is 18.6 Å². The lowest BCUT2D eigenvalue weighted by Crippen LogP contribution is -2.44. The summed E-state index contributed by atoms with van der Waals surface area (Å²) in [6.45, 7) is 0.390. The van der Waals surface area contributed by atoms with E-state index in [1.54, 1.807) is 12.1 Å². The Morgan fingerprint density at radius 2 is 1.86 bits per heavy atom. The van der Waals surface area contributed by atoms with Crippen LogP contribution < -0.4 is 14.7 Å². The van der Waals surface area contributed by atoms with Crippen molar-refractivity contribution in [2.75, 3.05) is 5.43 Å². The second kappa shape index (κ2) is 5.49. The van der Waals surface area contributed by atoms with Crippen LogP contribution in [-0.2, 0) is 6.54 Å². The summed E-state index contributed by atoms with van der Waals surface area (Å²) in [5, 5.41) is 4.32. The summed E-state index contributed by atoms with van der Waals surface area (Å²) in [7, 11) is 0. The zero-order chi connectivity index (χ0) is 15.7. The van der Waals surface area contributed by atoms with Crippen LogP contribution in [0.3, 0.4) is 0 Å². The van der Waals surface area contributed by atoms with Crippen molar-refractivity contribution < 1.29 is 22.5 Å². The summed E-state index contributed by atoms with van der Waals surface area (Å²) in [5.41, 5.74) is 4.35. The zero-order valence-corrected chi connectivity index (χ0v) is 11.8. The molecule has 0 radical (unpaired) electrons. The van der Waals surface area contributed by atoms with Crippen LogP contribution >= 0.6 is 11.6 Å². The van der Waals surface area contributed by atoms with E-state index < -0.39 is 6.36 Å². The molecule has 4 nitrogen and oxygen atoms in total. The summed E-state index contributed by atoms with van der Waals surface area (Å²) in [6.07, 6.45) is -4.70. The van der Waals surface area contributed by atoms with Crippen molar-refractivity contribution in [1.29, 1.82) is 0 Å². The number of hydrazone groups is 1. The summed E-state index contributed by atoms with van der Waals surface area (Å²) in [5.74, 6) is 0.487. The molecule has 0 saturated heterocycles. The minimum atomic E-state index is -4.70. The SMILES string of the molecule is FC(F)(F)Oc1ccc(-c2cccc3[n+]2CC(Cl)=NN3)cc1. The van der Waals surface area contributed by atoms with E-state index in [0.717, 1.165) is 17.1 Å². The van der Waals surface area contributed by atoms with Gasteiger partial charge in [0.1, 0.15) is 18.0 Å². The molecule has 1 aliphatic rings. The molecule has 1 aromatic carbocycles. The van der Waals surface area contributed by atoms with Crippen LogP contribution in [0.4, 0.5) is 19.0 Å². The predicted octanol–water partition coefficient (Wildman–Crippen LogP) is 3.52. The van der Waals surface area contributed by atoms with Gasteiger partial charge < -0.3 is 4.74 Å². The third-order valence-electron chi connectivity index (χ3n) is 3.05. The Morgan fingerprint density at radius 1 is 1.14 bits per heavy atom. The minimum Gasteiger partial charge on any atom is -0.406 e. The van der Waals surface area contributed by atoms with E-state index >= 15 is 0 Å². The Labute approximate surface area is 128 Å². The average molecular weight is 329 g/mol. The highest BCUT2D eigenvalue weighted by atomic mass is 35.5. The number of alkyl halides is 3. The van der Waals surface area contributed by atoms with E-state index in [4.69, 9.17) is 11.6 Å². The first-order valence-electron chi connectivity index (χ1n) is 6.29. The van der Waals surface area contributed by atoms with E-state index in [9.17, 15) is 13.2 Å². The molecule has 2 aromatic rings. The summed E-state index contributed by atoms with van der Waals surface area (Å²) in [4.78, 5) is 0. The number of ether oxygens (including phenoxy) is 1. The number of pyridine rings is 1. The van der Waals surface area contributed by atoms with Gasteiger partial charge in [0.2, 0.25) is 0 Å². The number of benzene rings is 1. The lowest BCUT2D eigenvalue weighted by Gasteiger charge is -2.14. The highest BCUT2D eigenvalue weighted by Crippen LogP contribution is 2.26. The molecule has 0 fully saturated rings. The maximum atomic E-state index is 12.2. The van der Waals surface area contributed by atoms with Crippen molar-refractivity contribution in [3.63, 3.8) is 0 Å². The fraction of sp³-hybridized carbons (Fsp3) is 0.143. The van der Waals surface area contributed by atoms with Crippen LogP contribution in [0.5, 0.6) is 5.75 Å². The number of nitrogens with zero attached hydrogens (tertiary/aromatic N) is 2. The van der Waals surface area contributed by atoms with Crippen LogP contribution in [-0.4, -0.2) is 11.5 Å². The molecule has 0 aliphatic carbocycles. The Hall–Kier alpha value is -2.28. The molecule has 0 spiro atoms. The van der Waals surface area contributed by atoms with Crippen LogP contribution in [0.2, 0.25) is 0 Å². The van der Waals surface area contributed by atoms with Gasteiger partial charge >= 0.3 is 6.36 Å². The molecule has 0 saturated carbocycles. The molecule has 0 unspecified atom stereocenters. The van der Waals surface area contributed by atoms with Gasteiger partial charge in [-0.2, -0.15) is 0 Å². The standard InChI is InChI=1S/C14H9ClF3N3O/c15-12-8-21-11(2-1-3-13(21)20-19-12)9-4-6-10(7-5-9)22-14(16,17)18/h1-7H,8H2/p+1. The normalized spacial score (nSPS) is 13.9. The van der Waals surface area contributed by atoms with Crippen LogP contribution in [0.15, 0.2) is 47.6 Å². The van der Waals surface area contributed by atoms with Gasteiger partial charge in [0.25, 0.3) is 5.82 Å². The quantitative estimate of drug-likeness (QED) is 0.857. The highest BCUT2D eigenvalue weighted by Gasteiger charge is 2.31. The summed E-state index contributed by atoms with van der Waals surface area (Å²) in [6, 6.07) is 11.2. The number of hydrogen-bond donors (Lipinski definition) is 1. The fourth-order valence-electron chi connectivity index (χ4n) is 2.17. The molecule has 0 bridgehead atoms. The first kappa shape index (κ1) is 14.6. The number of nitrogens with one attached hydrogen (secondary N) is 1. The lowest BCUT2D eigenvalue weighted by atomic mass is 10.1. The van der Waals surface area contributed by atoms with E-state index in [-0.39, 0.29) is 5.75 Å². The molecule has 3 rings (SSSR count). The van der Waals surface area contributed by atoms with Crippen molar-refractivity contribution in [3.8, 4) is 17.0 Å². The van der Waals surface area contributed by atoms with Gasteiger partial charge in [0.05, 0.1) is 0 Å². The van der Waals surface area contributed by atoms with Gasteiger partial charge in [-0.3, -0.25) is 0 Å². The monoisotopic (exact) mass is 328 g/mol. The first-order valence-corrected chi connectivity index (χ1v) is 6.67. The van der Waals surface area contributed by atoms with E-state index in [2.05, 4.69) is 15.3 Å². The van der Waals surface area contributed by atoms with Crippen LogP contribution in [0.1, 0.15) is 0 Å². The van der Waals surface area contributed by atoms with Crippen molar-refractivity contribution in [1.82, 2.24) is 0 Å². The smallest absolute Gasteiger partial charge is 0.406 e. The van der Waals surface area contributed by atoms with Crippen molar-refractivity contribution in [3.05, 3.63) is 42.5 Å². The lowest BCUT2D eigenvalue weighted by molar-refractivity contribution is -0.657. The molecule has 1 aliphatic heterocycles. The van der Waals surface area contributed by atoms with Crippen LogP contribution in [0, 0.1) is 0 Å². The molecule has 2 heterocycles. The van der Waals surface area contributed by atoms with E-state index in [1.807, 2.05) is 22.8 Å². The molecule has 8 heteroatoms. The minimum absolute atomic E-state index is 0.260. The van der Waals surface area contributed by atoms with Gasteiger partial charge in [-0.25, -0.2) is 4.57 Å². The second-order valence-corrected chi connectivity index (χ2v) is 4.99. The van der Waals surface area contributed by atoms with Crippen molar-refractivity contribution >= 4 is 22.6 Å². The maximum Gasteiger partial charge on any atom is 0.573 e. The Bertz CT molecular complexity index is 729. The number of hydrogen-bond acceptors (Lipinski definition) is 3. The highest BCUT2D eigenvalue weighted by molar-refractivity contribution is 6.65. The van der Waals surface area contributed by atoms with Gasteiger partial charge in [0.15, 0.2) is 5.17 Å². The zero-order valence-electron chi connectivity index (χ0n) is 11.1. The molecule has 1 N–H and O–H groups in total. The maximum absolute atomic E-state index is 12.2. The van der Waals surface area contributed by atoms with E-state index in [1.165, 1.54) is 12.1 Å². The number of rotatable bonds is 2. The van der Waals surface area contributed by atoms with Crippen molar-refractivity contribution in [2.45, 2.75) is 12.9 Å². The van der Waals surface area contributed by atoms with Gasteiger partial charge in [0, 0.05) is 11.6 Å². The number of aromatic nitrogens is 1. The first-order chi connectivity index (χ1) is 10.4. The number of halogens is 4. The molecule has 1 aromatic heterocycles.